The van der Waals surface area contributed by atoms with Crippen LogP contribution in [0.15, 0.2) is 78.2 Å². The van der Waals surface area contributed by atoms with Gasteiger partial charge in [0, 0.05) is 16.6 Å². The average molecular weight is 387 g/mol. The van der Waals surface area contributed by atoms with E-state index in [9.17, 15) is 9.59 Å². The number of nitrogens with zero attached hydrogens (tertiary/aromatic N) is 1. The molecule has 4 aromatic rings. The van der Waals surface area contributed by atoms with Gasteiger partial charge in [-0.1, -0.05) is 48.5 Å². The summed E-state index contributed by atoms with van der Waals surface area (Å²) < 4.78 is 0. The van der Waals surface area contributed by atoms with Crippen molar-refractivity contribution in [1.29, 1.82) is 0 Å². The molecular weight excluding hydrogens is 370 g/mol. The Bertz CT molecular complexity index is 1140. The lowest BCUT2D eigenvalue weighted by Crippen LogP contribution is -2.15. The summed E-state index contributed by atoms with van der Waals surface area (Å²) in [4.78, 5) is 28.8. The number of nitrogens with one attached hydrogen (secondary N) is 2. The quantitative estimate of drug-likeness (QED) is 0.520. The van der Waals surface area contributed by atoms with Gasteiger partial charge in [-0.25, -0.2) is 4.98 Å². The van der Waals surface area contributed by atoms with Crippen molar-refractivity contribution in [2.24, 2.45) is 0 Å². The van der Waals surface area contributed by atoms with Gasteiger partial charge in [0.25, 0.3) is 5.91 Å². The van der Waals surface area contributed by atoms with E-state index in [4.69, 9.17) is 0 Å². The summed E-state index contributed by atoms with van der Waals surface area (Å²) in [6, 6.07) is 22.7. The molecule has 0 bridgehead atoms. The van der Waals surface area contributed by atoms with Gasteiger partial charge in [0.15, 0.2) is 5.13 Å². The molecule has 3 aromatic carbocycles. The molecule has 6 heteroatoms. The van der Waals surface area contributed by atoms with Crippen molar-refractivity contribution in [2.45, 2.75) is 6.42 Å². The maximum absolute atomic E-state index is 12.3. The SMILES string of the molecule is O=C(Cc1csc(NC(=O)c2ccccc2)n1)Nc1ccc2ccccc2c1. The summed E-state index contributed by atoms with van der Waals surface area (Å²) in [7, 11) is 0. The lowest BCUT2D eigenvalue weighted by molar-refractivity contribution is -0.115. The first kappa shape index (κ1) is 17.9. The van der Waals surface area contributed by atoms with E-state index in [0.717, 1.165) is 16.5 Å². The predicted molar refractivity (Wildman–Crippen MR) is 113 cm³/mol. The Morgan fingerprint density at radius 3 is 2.43 bits per heavy atom. The van der Waals surface area contributed by atoms with Crippen LogP contribution in [0.2, 0.25) is 0 Å². The Labute approximate surface area is 166 Å². The average Bonchev–Trinajstić information content (AvgIpc) is 3.15. The summed E-state index contributed by atoms with van der Waals surface area (Å²) in [5, 5.41) is 10.1. The number of amides is 2. The normalized spacial score (nSPS) is 10.6. The van der Waals surface area contributed by atoms with Gasteiger partial charge >= 0.3 is 0 Å². The highest BCUT2D eigenvalue weighted by Crippen LogP contribution is 2.20. The molecule has 2 N–H and O–H groups in total. The molecule has 0 radical (unpaired) electrons. The first-order valence-corrected chi connectivity index (χ1v) is 9.65. The van der Waals surface area contributed by atoms with Crippen molar-refractivity contribution in [3.8, 4) is 0 Å². The van der Waals surface area contributed by atoms with Crippen molar-refractivity contribution in [1.82, 2.24) is 4.98 Å². The largest absolute Gasteiger partial charge is 0.326 e. The first-order chi connectivity index (χ1) is 13.7. The summed E-state index contributed by atoms with van der Waals surface area (Å²) >= 11 is 1.30. The summed E-state index contributed by atoms with van der Waals surface area (Å²) in [5.74, 6) is -0.372. The zero-order valence-electron chi connectivity index (χ0n) is 14.9. The van der Waals surface area contributed by atoms with E-state index in [1.54, 1.807) is 29.6 Å². The molecule has 0 aliphatic heterocycles. The molecule has 1 heterocycles. The van der Waals surface area contributed by atoms with Crippen LogP contribution in [0, 0.1) is 0 Å². The second kappa shape index (κ2) is 8.02. The molecule has 0 fully saturated rings. The number of anilines is 2. The molecule has 0 spiro atoms. The van der Waals surface area contributed by atoms with E-state index < -0.39 is 0 Å². The summed E-state index contributed by atoms with van der Waals surface area (Å²) in [6.07, 6.45) is 0.143. The fourth-order valence-electron chi connectivity index (χ4n) is 2.84. The molecule has 0 atom stereocenters. The molecule has 5 nitrogen and oxygen atoms in total. The Balaban J connectivity index is 1.37. The molecular formula is C22H17N3O2S. The number of carbonyl (C=O) groups excluding carboxylic acids is 2. The third-order valence-electron chi connectivity index (χ3n) is 4.18. The van der Waals surface area contributed by atoms with Gasteiger partial charge in [0.2, 0.25) is 5.91 Å². The van der Waals surface area contributed by atoms with Crippen LogP contribution >= 0.6 is 11.3 Å². The van der Waals surface area contributed by atoms with Crippen molar-refractivity contribution >= 4 is 44.7 Å². The summed E-state index contributed by atoms with van der Waals surface area (Å²) in [6.45, 7) is 0. The maximum Gasteiger partial charge on any atom is 0.257 e. The number of thiazole rings is 1. The van der Waals surface area contributed by atoms with Crippen LogP contribution in [0.4, 0.5) is 10.8 Å². The number of rotatable bonds is 5. The van der Waals surface area contributed by atoms with Crippen LogP contribution in [0.3, 0.4) is 0 Å². The first-order valence-electron chi connectivity index (χ1n) is 8.77. The Morgan fingerprint density at radius 1 is 0.857 bits per heavy atom. The molecule has 28 heavy (non-hydrogen) atoms. The Morgan fingerprint density at radius 2 is 1.61 bits per heavy atom. The minimum Gasteiger partial charge on any atom is -0.326 e. The smallest absolute Gasteiger partial charge is 0.257 e. The highest BCUT2D eigenvalue weighted by atomic mass is 32.1. The van der Waals surface area contributed by atoms with Crippen molar-refractivity contribution in [3.63, 3.8) is 0 Å². The van der Waals surface area contributed by atoms with Gasteiger partial charge in [-0.05, 0) is 35.0 Å². The third kappa shape index (κ3) is 4.24. The molecule has 0 saturated heterocycles. The number of carbonyl (C=O) groups is 2. The van der Waals surface area contributed by atoms with E-state index in [0.29, 0.717) is 16.4 Å². The summed E-state index contributed by atoms with van der Waals surface area (Å²) in [5.41, 5.74) is 1.93. The van der Waals surface area contributed by atoms with Crippen molar-refractivity contribution in [2.75, 3.05) is 10.6 Å². The molecule has 2 amide bonds. The number of fused-ring (bicyclic) bond motifs is 1. The fourth-order valence-corrected chi connectivity index (χ4v) is 3.55. The van der Waals surface area contributed by atoms with E-state index in [1.165, 1.54) is 11.3 Å². The van der Waals surface area contributed by atoms with Gasteiger partial charge in [0.05, 0.1) is 12.1 Å². The van der Waals surface area contributed by atoms with Crippen LogP contribution in [0.1, 0.15) is 16.1 Å². The minimum atomic E-state index is -0.220. The second-order valence-electron chi connectivity index (χ2n) is 6.25. The van der Waals surface area contributed by atoms with Crippen LogP contribution in [-0.4, -0.2) is 16.8 Å². The molecule has 0 aliphatic carbocycles. The van der Waals surface area contributed by atoms with Crippen LogP contribution in [0.25, 0.3) is 10.8 Å². The molecule has 0 unspecified atom stereocenters. The topological polar surface area (TPSA) is 71.1 Å². The minimum absolute atomic E-state index is 0.143. The molecule has 0 aliphatic rings. The highest BCUT2D eigenvalue weighted by molar-refractivity contribution is 7.14. The van der Waals surface area contributed by atoms with Crippen molar-refractivity contribution < 1.29 is 9.59 Å². The van der Waals surface area contributed by atoms with Gasteiger partial charge in [-0.3, -0.25) is 14.9 Å². The third-order valence-corrected chi connectivity index (χ3v) is 4.99. The predicted octanol–water partition coefficient (Wildman–Crippen LogP) is 4.73. The lowest BCUT2D eigenvalue weighted by Gasteiger charge is -2.06. The Hall–Kier alpha value is -3.51. The maximum atomic E-state index is 12.3. The zero-order valence-corrected chi connectivity index (χ0v) is 15.7. The van der Waals surface area contributed by atoms with Crippen LogP contribution in [-0.2, 0) is 11.2 Å². The van der Waals surface area contributed by atoms with Gasteiger partial charge in [-0.2, -0.15) is 0 Å². The number of hydrogen-bond acceptors (Lipinski definition) is 4. The number of hydrogen-bond donors (Lipinski definition) is 2. The van der Waals surface area contributed by atoms with E-state index in [2.05, 4.69) is 15.6 Å². The zero-order chi connectivity index (χ0) is 19.3. The van der Waals surface area contributed by atoms with E-state index in [1.807, 2.05) is 48.5 Å². The van der Waals surface area contributed by atoms with Gasteiger partial charge < -0.3 is 5.32 Å². The number of benzene rings is 3. The lowest BCUT2D eigenvalue weighted by atomic mass is 10.1. The molecule has 138 valence electrons. The monoisotopic (exact) mass is 387 g/mol. The molecule has 1 aromatic heterocycles. The van der Waals surface area contributed by atoms with E-state index in [-0.39, 0.29) is 18.2 Å². The van der Waals surface area contributed by atoms with Crippen LogP contribution in [0.5, 0.6) is 0 Å². The van der Waals surface area contributed by atoms with Gasteiger partial charge in [0.1, 0.15) is 0 Å². The fraction of sp³-hybridized carbons (Fsp3) is 0.0455. The second-order valence-corrected chi connectivity index (χ2v) is 7.11. The molecule has 0 saturated carbocycles. The standard InChI is InChI=1S/C22H17N3O2S/c26-20(23-18-11-10-15-6-4-5-9-17(15)12-18)13-19-14-28-22(24-19)25-21(27)16-7-2-1-3-8-16/h1-12,14H,13H2,(H,23,26)(H,24,25,27). The Kier molecular flexibility index (Phi) is 5.12. The molecule has 4 rings (SSSR count). The number of aromatic nitrogens is 1. The van der Waals surface area contributed by atoms with E-state index >= 15 is 0 Å². The van der Waals surface area contributed by atoms with Gasteiger partial charge in [-0.15, -0.1) is 11.3 Å². The highest BCUT2D eigenvalue weighted by Gasteiger charge is 2.11. The van der Waals surface area contributed by atoms with Crippen molar-refractivity contribution in [3.05, 3.63) is 89.4 Å². The van der Waals surface area contributed by atoms with Crippen LogP contribution < -0.4 is 10.6 Å².